The molecule has 6 heteroatoms. The molecular weight excluding hydrogens is 338 g/mol. The topological polar surface area (TPSA) is 52.0 Å². The van der Waals surface area contributed by atoms with Gasteiger partial charge in [0.1, 0.15) is 11.6 Å². The van der Waals surface area contributed by atoms with E-state index in [4.69, 9.17) is 0 Å². The van der Waals surface area contributed by atoms with Gasteiger partial charge in [-0.2, -0.15) is 0 Å². The largest absolute Gasteiger partial charge is 0.318 e. The first-order valence-corrected chi connectivity index (χ1v) is 8.01. The number of ketones is 1. The summed E-state index contributed by atoms with van der Waals surface area (Å²) in [5.41, 5.74) is 0.822. The lowest BCUT2D eigenvalue weighted by Crippen LogP contribution is -2.18. The van der Waals surface area contributed by atoms with Crippen molar-refractivity contribution >= 4 is 5.78 Å². The Balaban J connectivity index is 1.99. The van der Waals surface area contributed by atoms with Gasteiger partial charge in [0.25, 0.3) is 0 Å². The monoisotopic (exact) mass is 354 g/mol. The quantitative estimate of drug-likeness (QED) is 0.660. The maximum absolute atomic E-state index is 14.3. The van der Waals surface area contributed by atoms with Crippen LogP contribution in [-0.2, 0) is 7.05 Å². The minimum Gasteiger partial charge on any atom is -0.318 e. The first-order valence-electron chi connectivity index (χ1n) is 8.01. The third-order valence-electron chi connectivity index (χ3n) is 4.19. The van der Waals surface area contributed by atoms with Crippen LogP contribution < -0.4 is 5.56 Å². The van der Waals surface area contributed by atoms with Gasteiger partial charge in [0.05, 0.1) is 5.69 Å². The van der Waals surface area contributed by atoms with Crippen molar-refractivity contribution in [2.75, 3.05) is 0 Å². The second kappa shape index (κ2) is 7.39. The zero-order chi connectivity index (χ0) is 18.7. The van der Waals surface area contributed by atoms with Crippen LogP contribution in [0.5, 0.6) is 0 Å². The molecule has 0 aliphatic rings. The molecule has 132 valence electrons. The SMILES string of the molecule is Cn1cc(C(=O)C[C@@H](c2ccc(F)cc2)c2ncccc2F)ccc1=O. The number of hydrogen-bond acceptors (Lipinski definition) is 3. The molecule has 0 saturated heterocycles. The zero-order valence-electron chi connectivity index (χ0n) is 14.0. The van der Waals surface area contributed by atoms with E-state index in [0.717, 1.165) is 0 Å². The van der Waals surface area contributed by atoms with Crippen molar-refractivity contribution in [3.05, 3.63) is 99.7 Å². The van der Waals surface area contributed by atoms with Crippen LogP contribution in [0, 0.1) is 11.6 Å². The summed E-state index contributed by atoms with van der Waals surface area (Å²) in [6.07, 6.45) is 2.84. The van der Waals surface area contributed by atoms with Crippen molar-refractivity contribution in [1.29, 1.82) is 0 Å². The molecule has 0 aliphatic heterocycles. The fraction of sp³-hybridized carbons (Fsp3) is 0.150. The van der Waals surface area contributed by atoms with Crippen LogP contribution in [-0.4, -0.2) is 15.3 Å². The molecule has 0 spiro atoms. The molecule has 0 amide bonds. The predicted molar refractivity (Wildman–Crippen MR) is 93.1 cm³/mol. The minimum atomic E-state index is -0.665. The van der Waals surface area contributed by atoms with Gasteiger partial charge in [-0.1, -0.05) is 12.1 Å². The molecule has 0 N–H and O–H groups in total. The van der Waals surface area contributed by atoms with E-state index in [1.54, 1.807) is 7.05 Å². The van der Waals surface area contributed by atoms with E-state index < -0.39 is 17.6 Å². The lowest BCUT2D eigenvalue weighted by molar-refractivity contribution is 0.0976. The molecule has 0 unspecified atom stereocenters. The van der Waals surface area contributed by atoms with Gasteiger partial charge < -0.3 is 4.57 Å². The van der Waals surface area contributed by atoms with E-state index in [1.165, 1.54) is 65.5 Å². The molecule has 0 aliphatic carbocycles. The average Bonchev–Trinajstić information content (AvgIpc) is 2.63. The summed E-state index contributed by atoms with van der Waals surface area (Å²) in [5, 5.41) is 0. The predicted octanol–water partition coefficient (Wildman–Crippen LogP) is 3.46. The number of halogens is 2. The van der Waals surface area contributed by atoms with Gasteiger partial charge in [-0.25, -0.2) is 8.78 Å². The maximum Gasteiger partial charge on any atom is 0.250 e. The number of carbonyl (C=O) groups is 1. The van der Waals surface area contributed by atoms with E-state index in [2.05, 4.69) is 4.98 Å². The highest BCUT2D eigenvalue weighted by Gasteiger charge is 2.23. The summed E-state index contributed by atoms with van der Waals surface area (Å²) in [7, 11) is 1.55. The Labute approximate surface area is 148 Å². The number of carbonyl (C=O) groups excluding carboxylic acids is 1. The van der Waals surface area contributed by atoms with Crippen molar-refractivity contribution in [2.45, 2.75) is 12.3 Å². The Bertz CT molecular complexity index is 997. The molecule has 1 atom stereocenters. The Morgan fingerprint density at radius 2 is 1.85 bits per heavy atom. The van der Waals surface area contributed by atoms with Gasteiger partial charge in [-0.05, 0) is 35.9 Å². The lowest BCUT2D eigenvalue weighted by Gasteiger charge is -2.17. The number of aromatic nitrogens is 2. The standard InChI is InChI=1S/C20H16F2N2O2/c1-24-12-14(6-9-19(24)26)18(25)11-16(13-4-7-15(21)8-5-13)20-17(22)3-2-10-23-20/h2-10,12,16H,11H2,1H3/t16-/m0/s1. The number of aryl methyl sites for hydroxylation is 1. The molecule has 2 aromatic heterocycles. The van der Waals surface area contributed by atoms with Gasteiger partial charge in [-0.3, -0.25) is 14.6 Å². The highest BCUT2D eigenvalue weighted by atomic mass is 19.1. The van der Waals surface area contributed by atoms with Crippen LogP contribution in [0.3, 0.4) is 0 Å². The highest BCUT2D eigenvalue weighted by Crippen LogP contribution is 2.29. The second-order valence-corrected chi connectivity index (χ2v) is 5.97. The molecule has 3 rings (SSSR count). The molecule has 26 heavy (non-hydrogen) atoms. The van der Waals surface area contributed by atoms with Gasteiger partial charge >= 0.3 is 0 Å². The Morgan fingerprint density at radius 3 is 2.50 bits per heavy atom. The molecule has 3 aromatic rings. The van der Waals surface area contributed by atoms with Crippen LogP contribution >= 0.6 is 0 Å². The number of hydrogen-bond donors (Lipinski definition) is 0. The third kappa shape index (κ3) is 3.74. The summed E-state index contributed by atoms with van der Waals surface area (Å²) in [6, 6.07) is 11.1. The zero-order valence-corrected chi connectivity index (χ0v) is 14.0. The lowest BCUT2D eigenvalue weighted by atomic mass is 9.88. The second-order valence-electron chi connectivity index (χ2n) is 5.97. The molecule has 1 aromatic carbocycles. The van der Waals surface area contributed by atoms with Gasteiger partial charge in [-0.15, -0.1) is 0 Å². The molecule has 0 radical (unpaired) electrons. The molecule has 0 fully saturated rings. The van der Waals surface area contributed by atoms with Gasteiger partial charge in [0.15, 0.2) is 5.78 Å². The first-order chi connectivity index (χ1) is 12.5. The Morgan fingerprint density at radius 1 is 1.12 bits per heavy atom. The first kappa shape index (κ1) is 17.7. The summed E-state index contributed by atoms with van der Waals surface area (Å²) in [4.78, 5) is 28.3. The Kier molecular flexibility index (Phi) is 5.02. The summed E-state index contributed by atoms with van der Waals surface area (Å²) in [6.45, 7) is 0. The average molecular weight is 354 g/mol. The molecule has 2 heterocycles. The normalized spacial score (nSPS) is 12.0. The summed E-state index contributed by atoms with van der Waals surface area (Å²) < 4.78 is 28.8. The molecular formula is C20H16F2N2O2. The van der Waals surface area contributed by atoms with E-state index in [-0.39, 0.29) is 23.5 Å². The summed E-state index contributed by atoms with van der Waals surface area (Å²) >= 11 is 0. The van der Waals surface area contributed by atoms with Gasteiger partial charge in [0.2, 0.25) is 5.56 Å². The minimum absolute atomic E-state index is 0.0578. The number of Topliss-reactive ketones (excluding diaryl/α,β-unsaturated/α-hetero) is 1. The van der Waals surface area contributed by atoms with Crippen molar-refractivity contribution < 1.29 is 13.6 Å². The van der Waals surface area contributed by atoms with Crippen LogP contribution in [0.2, 0.25) is 0 Å². The maximum atomic E-state index is 14.3. The number of pyridine rings is 2. The fourth-order valence-corrected chi connectivity index (χ4v) is 2.78. The molecule has 4 nitrogen and oxygen atoms in total. The van der Waals surface area contributed by atoms with Crippen molar-refractivity contribution in [3.63, 3.8) is 0 Å². The number of benzene rings is 1. The number of rotatable bonds is 5. The van der Waals surface area contributed by atoms with Crippen LogP contribution in [0.25, 0.3) is 0 Å². The molecule has 0 saturated carbocycles. The van der Waals surface area contributed by atoms with E-state index >= 15 is 0 Å². The van der Waals surface area contributed by atoms with E-state index in [9.17, 15) is 18.4 Å². The van der Waals surface area contributed by atoms with Crippen molar-refractivity contribution in [2.24, 2.45) is 7.05 Å². The van der Waals surface area contributed by atoms with Crippen LogP contribution in [0.4, 0.5) is 8.78 Å². The van der Waals surface area contributed by atoms with Gasteiger partial charge in [0, 0.05) is 43.4 Å². The smallest absolute Gasteiger partial charge is 0.250 e. The van der Waals surface area contributed by atoms with Crippen LogP contribution in [0.15, 0.2) is 65.7 Å². The number of nitrogens with zero attached hydrogens (tertiary/aromatic N) is 2. The fourth-order valence-electron chi connectivity index (χ4n) is 2.78. The Hall–Kier alpha value is -3.15. The van der Waals surface area contributed by atoms with E-state index in [0.29, 0.717) is 11.1 Å². The molecule has 0 bridgehead atoms. The highest BCUT2D eigenvalue weighted by molar-refractivity contribution is 5.96. The van der Waals surface area contributed by atoms with Crippen molar-refractivity contribution in [1.82, 2.24) is 9.55 Å². The van der Waals surface area contributed by atoms with Crippen LogP contribution in [0.1, 0.15) is 34.0 Å². The summed E-state index contributed by atoms with van der Waals surface area (Å²) in [5.74, 6) is -1.88. The van der Waals surface area contributed by atoms with Crippen molar-refractivity contribution in [3.8, 4) is 0 Å². The third-order valence-corrected chi connectivity index (χ3v) is 4.19. The van der Waals surface area contributed by atoms with E-state index in [1.807, 2.05) is 0 Å².